The zero-order valence-corrected chi connectivity index (χ0v) is 18.4. The molecule has 0 aliphatic carbocycles. The fourth-order valence-electron chi connectivity index (χ4n) is 2.58. The Bertz CT molecular complexity index is 577. The summed E-state index contributed by atoms with van der Waals surface area (Å²) < 4.78 is 0. The molecule has 0 aromatic heterocycles. The van der Waals surface area contributed by atoms with Crippen LogP contribution >= 0.6 is 12.6 Å². The fourth-order valence-corrected chi connectivity index (χ4v) is 2.83. The zero-order chi connectivity index (χ0) is 23.3. The van der Waals surface area contributed by atoms with Gasteiger partial charge in [-0.15, -0.1) is 0 Å². The number of aliphatic hydroxyl groups is 1. The number of carboxylic acid groups (broad SMARTS) is 1. The molecule has 0 aliphatic heterocycles. The molecule has 0 fully saturated rings. The van der Waals surface area contributed by atoms with Gasteiger partial charge in [-0.3, -0.25) is 14.4 Å². The summed E-state index contributed by atoms with van der Waals surface area (Å²) in [7, 11) is 0. The van der Waals surface area contributed by atoms with Crippen molar-refractivity contribution in [1.82, 2.24) is 16.0 Å². The lowest BCUT2D eigenvalue weighted by Crippen LogP contribution is -2.58. The van der Waals surface area contributed by atoms with E-state index in [2.05, 4.69) is 28.6 Å². The average molecular weight is 450 g/mol. The van der Waals surface area contributed by atoms with Crippen LogP contribution in [-0.2, 0) is 19.2 Å². The molecule has 174 valence electrons. The number of carboxylic acids is 1. The molecule has 0 saturated heterocycles. The third kappa shape index (κ3) is 10.8. The maximum atomic E-state index is 12.7. The van der Waals surface area contributed by atoms with E-state index in [-0.39, 0.29) is 18.1 Å². The number of hydrogen-bond acceptors (Lipinski definition) is 8. The molecular formula is C18H35N5O6S. The van der Waals surface area contributed by atoms with E-state index in [4.69, 9.17) is 16.6 Å². The first-order valence-electron chi connectivity index (χ1n) is 9.88. The number of nitrogens with one attached hydrogen (secondary N) is 3. The van der Waals surface area contributed by atoms with Crippen LogP contribution in [0.4, 0.5) is 0 Å². The largest absolute Gasteiger partial charge is 0.480 e. The normalized spacial score (nSPS) is 15.0. The summed E-state index contributed by atoms with van der Waals surface area (Å²) >= 11 is 3.84. The summed E-state index contributed by atoms with van der Waals surface area (Å²) in [5.41, 5.74) is 11.3. The van der Waals surface area contributed by atoms with Gasteiger partial charge < -0.3 is 37.6 Å². The van der Waals surface area contributed by atoms with Gasteiger partial charge in [-0.1, -0.05) is 13.8 Å². The van der Waals surface area contributed by atoms with Crippen molar-refractivity contribution in [3.63, 3.8) is 0 Å². The van der Waals surface area contributed by atoms with Crippen LogP contribution < -0.4 is 27.4 Å². The summed E-state index contributed by atoms with van der Waals surface area (Å²) in [5.74, 6) is -3.35. The molecule has 0 aliphatic rings. The average Bonchev–Trinajstić information content (AvgIpc) is 2.68. The second-order valence-corrected chi connectivity index (χ2v) is 7.77. The maximum Gasteiger partial charge on any atom is 0.327 e. The Balaban J connectivity index is 5.15. The summed E-state index contributed by atoms with van der Waals surface area (Å²) in [6.45, 7) is 3.49. The van der Waals surface area contributed by atoms with E-state index in [0.717, 1.165) is 0 Å². The first kappa shape index (κ1) is 28.1. The van der Waals surface area contributed by atoms with Gasteiger partial charge in [0.25, 0.3) is 0 Å². The molecule has 3 amide bonds. The highest BCUT2D eigenvalue weighted by atomic mass is 32.1. The number of amides is 3. The second kappa shape index (κ2) is 15.0. The van der Waals surface area contributed by atoms with E-state index in [9.17, 15) is 24.3 Å². The molecular weight excluding hydrogens is 414 g/mol. The molecule has 12 heteroatoms. The van der Waals surface area contributed by atoms with Gasteiger partial charge in [0.2, 0.25) is 17.7 Å². The van der Waals surface area contributed by atoms with Gasteiger partial charge in [0.05, 0.1) is 12.6 Å². The van der Waals surface area contributed by atoms with Crippen LogP contribution in [0.25, 0.3) is 0 Å². The lowest BCUT2D eigenvalue weighted by atomic mass is 10.0. The first-order chi connectivity index (χ1) is 14.1. The standard InChI is InChI=1S/C18H35N5O6S/c1-10(2)7-11(20)15(25)21-12(5-3-4-6-19)16(26)22-13(8-24)17(27)23-14(9-30)18(28)29/h10-14,24,30H,3-9,19-20H2,1-2H3,(H,21,25)(H,22,26)(H,23,27)(H,28,29). The molecule has 30 heavy (non-hydrogen) atoms. The predicted octanol–water partition coefficient (Wildman–Crippen LogP) is -2.05. The quantitative estimate of drug-likeness (QED) is 0.103. The van der Waals surface area contributed by atoms with Crippen LogP contribution in [0.2, 0.25) is 0 Å². The van der Waals surface area contributed by atoms with Crippen molar-refractivity contribution in [2.75, 3.05) is 18.9 Å². The Morgan fingerprint density at radius 3 is 1.93 bits per heavy atom. The van der Waals surface area contributed by atoms with E-state index in [1.165, 1.54) is 0 Å². The van der Waals surface area contributed by atoms with Crippen LogP contribution in [0.15, 0.2) is 0 Å². The van der Waals surface area contributed by atoms with Gasteiger partial charge in [-0.25, -0.2) is 4.79 Å². The number of aliphatic carboxylic acids is 1. The maximum absolute atomic E-state index is 12.7. The van der Waals surface area contributed by atoms with Crippen molar-refractivity contribution >= 4 is 36.3 Å². The second-order valence-electron chi connectivity index (χ2n) is 7.41. The number of thiol groups is 1. The van der Waals surface area contributed by atoms with Crippen LogP contribution in [-0.4, -0.2) is 77.0 Å². The van der Waals surface area contributed by atoms with E-state index in [1.54, 1.807) is 0 Å². The number of unbranched alkanes of at least 4 members (excludes halogenated alkanes) is 1. The van der Waals surface area contributed by atoms with Crippen LogP contribution in [0, 0.1) is 5.92 Å². The lowest BCUT2D eigenvalue weighted by molar-refractivity contribution is -0.142. The SMILES string of the molecule is CC(C)CC(N)C(=O)NC(CCCCN)C(=O)NC(CO)C(=O)NC(CS)C(=O)O. The molecule has 11 nitrogen and oxygen atoms in total. The number of rotatable bonds is 15. The van der Waals surface area contributed by atoms with E-state index in [1.807, 2.05) is 13.8 Å². The highest BCUT2D eigenvalue weighted by Crippen LogP contribution is 2.06. The van der Waals surface area contributed by atoms with Crippen molar-refractivity contribution < 1.29 is 29.4 Å². The third-order valence-electron chi connectivity index (χ3n) is 4.25. The molecule has 4 atom stereocenters. The van der Waals surface area contributed by atoms with E-state index < -0.39 is 54.5 Å². The highest BCUT2D eigenvalue weighted by molar-refractivity contribution is 7.80. The molecule has 9 N–H and O–H groups in total. The summed E-state index contributed by atoms with van der Waals surface area (Å²) in [4.78, 5) is 48.2. The van der Waals surface area contributed by atoms with Crippen LogP contribution in [0.1, 0.15) is 39.5 Å². The fraction of sp³-hybridized carbons (Fsp3) is 0.778. The van der Waals surface area contributed by atoms with Crippen molar-refractivity contribution in [2.45, 2.75) is 63.7 Å². The minimum atomic E-state index is -1.39. The molecule has 0 spiro atoms. The van der Waals surface area contributed by atoms with Gasteiger partial charge in [0.15, 0.2) is 0 Å². The highest BCUT2D eigenvalue weighted by Gasteiger charge is 2.29. The number of carbonyl (C=O) groups excluding carboxylic acids is 3. The van der Waals surface area contributed by atoms with Gasteiger partial charge in [0, 0.05) is 5.75 Å². The molecule has 0 heterocycles. The number of nitrogens with two attached hydrogens (primary N) is 2. The van der Waals surface area contributed by atoms with Crippen LogP contribution in [0.3, 0.4) is 0 Å². The van der Waals surface area contributed by atoms with Crippen molar-refractivity contribution in [3.05, 3.63) is 0 Å². The molecule has 0 radical (unpaired) electrons. The Morgan fingerprint density at radius 2 is 1.47 bits per heavy atom. The number of aliphatic hydroxyl groups excluding tert-OH is 1. The van der Waals surface area contributed by atoms with Gasteiger partial charge in [-0.05, 0) is 38.1 Å². The Labute approximate surface area is 182 Å². The molecule has 4 unspecified atom stereocenters. The summed E-state index contributed by atoms with van der Waals surface area (Å²) in [6.07, 6.45) is 1.87. The Hall–Kier alpha value is -1.89. The monoisotopic (exact) mass is 449 g/mol. The molecule has 0 bridgehead atoms. The molecule has 0 saturated carbocycles. The zero-order valence-electron chi connectivity index (χ0n) is 17.5. The molecule has 0 aromatic carbocycles. The van der Waals surface area contributed by atoms with Gasteiger partial charge >= 0.3 is 5.97 Å². The lowest BCUT2D eigenvalue weighted by Gasteiger charge is -2.24. The summed E-state index contributed by atoms with van der Waals surface area (Å²) in [5, 5.41) is 25.6. The third-order valence-corrected chi connectivity index (χ3v) is 4.62. The Kier molecular flexibility index (Phi) is 14.0. The topological polar surface area (TPSA) is 197 Å². The Morgan fingerprint density at radius 1 is 0.933 bits per heavy atom. The van der Waals surface area contributed by atoms with Gasteiger partial charge in [0.1, 0.15) is 18.1 Å². The smallest absolute Gasteiger partial charge is 0.327 e. The van der Waals surface area contributed by atoms with Crippen molar-refractivity contribution in [1.29, 1.82) is 0 Å². The molecule has 0 aromatic rings. The predicted molar refractivity (Wildman–Crippen MR) is 115 cm³/mol. The van der Waals surface area contributed by atoms with Crippen molar-refractivity contribution in [2.24, 2.45) is 17.4 Å². The summed E-state index contributed by atoms with van der Waals surface area (Å²) in [6, 6.07) is -4.44. The van der Waals surface area contributed by atoms with E-state index in [0.29, 0.717) is 25.8 Å². The number of hydrogen-bond donors (Lipinski definition) is 8. The van der Waals surface area contributed by atoms with Crippen molar-refractivity contribution in [3.8, 4) is 0 Å². The number of carbonyl (C=O) groups is 4. The van der Waals surface area contributed by atoms with Crippen LogP contribution in [0.5, 0.6) is 0 Å². The molecule has 0 rings (SSSR count). The van der Waals surface area contributed by atoms with Gasteiger partial charge in [-0.2, -0.15) is 12.6 Å². The first-order valence-corrected chi connectivity index (χ1v) is 10.5. The minimum Gasteiger partial charge on any atom is -0.480 e. The minimum absolute atomic E-state index is 0.168. The van der Waals surface area contributed by atoms with E-state index >= 15 is 0 Å².